The first-order valence-electron chi connectivity index (χ1n) is 8.66. The minimum Gasteiger partial charge on any atom is -0.477 e. The van der Waals surface area contributed by atoms with Crippen LogP contribution in [0.2, 0.25) is 0 Å². The van der Waals surface area contributed by atoms with Crippen molar-refractivity contribution in [3.05, 3.63) is 11.1 Å². The van der Waals surface area contributed by atoms with Gasteiger partial charge in [0.1, 0.15) is 18.8 Å². The first kappa shape index (κ1) is 21.0. The number of oxime groups is 1. The number of nitrogens with two attached hydrogens (primary N) is 1. The predicted octanol–water partition coefficient (Wildman–Crippen LogP) is -2.50. The number of β-lactam (4-membered cyclic amide) rings is 1. The van der Waals surface area contributed by atoms with Gasteiger partial charge in [0.15, 0.2) is 26.1 Å². The minimum absolute atomic E-state index is 0.0313. The van der Waals surface area contributed by atoms with Gasteiger partial charge in [-0.1, -0.05) is 5.16 Å². The number of anilines is 1. The number of carboxylic acid groups (broad SMARTS) is 1. The van der Waals surface area contributed by atoms with E-state index in [1.54, 1.807) is 0 Å². The molecule has 4 heterocycles. The fourth-order valence-electron chi connectivity index (χ4n) is 3.98. The van der Waals surface area contributed by atoms with Gasteiger partial charge in [0.25, 0.3) is 17.5 Å². The molecule has 0 unspecified atom stereocenters. The van der Waals surface area contributed by atoms with Crippen LogP contribution < -0.4 is 11.1 Å². The van der Waals surface area contributed by atoms with Crippen molar-refractivity contribution in [2.45, 2.75) is 23.6 Å². The molecule has 2 amide bonds. The van der Waals surface area contributed by atoms with Crippen LogP contribution >= 0.6 is 11.3 Å². The lowest BCUT2D eigenvalue weighted by molar-refractivity contribution is -0.216. The number of rotatable bonds is 5. The fourth-order valence-corrected chi connectivity index (χ4v) is 6.81. The molecule has 3 aliphatic rings. The van der Waals surface area contributed by atoms with Crippen LogP contribution in [0.1, 0.15) is 12.1 Å². The third-order valence-electron chi connectivity index (χ3n) is 5.19. The highest BCUT2D eigenvalue weighted by Crippen LogP contribution is 2.48. The molecule has 4 atom stereocenters. The van der Waals surface area contributed by atoms with E-state index in [0.29, 0.717) is 4.90 Å². The van der Waals surface area contributed by atoms with Gasteiger partial charge in [-0.3, -0.25) is 19.3 Å². The molecule has 1 aromatic rings. The number of amides is 2. The molecule has 166 valence electrons. The second-order valence-electron chi connectivity index (χ2n) is 6.95. The number of carboxylic acids is 1. The molecule has 0 spiro atoms. The normalized spacial score (nSPS) is 31.2. The molecule has 3 saturated heterocycles. The minimum atomic E-state index is -4.11. The zero-order chi connectivity index (χ0) is 22.7. The Kier molecular flexibility index (Phi) is 4.65. The van der Waals surface area contributed by atoms with Crippen LogP contribution in [0.4, 0.5) is 5.13 Å². The summed E-state index contributed by atoms with van der Waals surface area (Å²) in [6, 6.07) is -1.62. The fraction of sp³-hybridized carbons (Fsp3) is 0.467. The molecule has 0 aliphatic carbocycles. The summed E-state index contributed by atoms with van der Waals surface area (Å²) in [6.45, 7) is 0. The monoisotopic (exact) mass is 473 g/mol. The largest absolute Gasteiger partial charge is 0.477 e. The van der Waals surface area contributed by atoms with Crippen LogP contribution in [0.15, 0.2) is 10.5 Å². The lowest BCUT2D eigenvalue weighted by Gasteiger charge is -2.56. The number of hydrogen-bond donors (Lipinski definition) is 3. The van der Waals surface area contributed by atoms with Crippen LogP contribution in [0, 0.1) is 5.92 Å². The summed E-state index contributed by atoms with van der Waals surface area (Å²) in [5, 5.41) is 15.3. The number of nitrogens with zero attached hydrogens (tertiary/aromatic N) is 3. The van der Waals surface area contributed by atoms with Crippen molar-refractivity contribution in [3.8, 4) is 0 Å². The van der Waals surface area contributed by atoms with E-state index in [4.69, 9.17) is 10.5 Å². The molecule has 14 nitrogen and oxygen atoms in total. The number of nitrogen functional groups attached to an aromatic ring is 1. The molecule has 1 aromatic heterocycles. The molecule has 0 aromatic carbocycles. The Morgan fingerprint density at radius 2 is 2.19 bits per heavy atom. The third kappa shape index (κ3) is 2.93. The second kappa shape index (κ2) is 6.88. The van der Waals surface area contributed by atoms with E-state index in [1.165, 1.54) is 5.38 Å². The smallest absolute Gasteiger partial charge is 0.370 e. The van der Waals surface area contributed by atoms with Gasteiger partial charge >= 0.3 is 11.9 Å². The predicted molar refractivity (Wildman–Crippen MR) is 101 cm³/mol. The first-order chi connectivity index (χ1) is 14.5. The van der Waals surface area contributed by atoms with Gasteiger partial charge in [0, 0.05) is 5.38 Å². The van der Waals surface area contributed by atoms with Crippen molar-refractivity contribution in [2.75, 3.05) is 18.6 Å². The maximum atomic E-state index is 12.8. The summed E-state index contributed by atoms with van der Waals surface area (Å²) >= 11 is 1.01. The van der Waals surface area contributed by atoms with Crippen LogP contribution in [0.25, 0.3) is 0 Å². The van der Waals surface area contributed by atoms with Crippen LogP contribution in [0.5, 0.6) is 0 Å². The topological polar surface area (TPSA) is 208 Å². The number of thiazole rings is 1. The summed E-state index contributed by atoms with van der Waals surface area (Å²) in [7, 11) is -2.95. The standard InChI is InChI=1S/C15H15N5O9S2/c1-28-19-8(6-3-30-14(16)17-6)10(22)18-9-11(23)20-12(9)31(26,27)4-5-2-7(21)29-15(5,20)13(24)25/h3,5,9,12H,2,4H2,1H3,(H2,16,17)(H,18,22)(H,24,25)/b19-8-/t5-,9+,12+,15+/m0/s1. The van der Waals surface area contributed by atoms with Crippen molar-refractivity contribution in [2.24, 2.45) is 11.1 Å². The average Bonchev–Trinajstić information content (AvgIpc) is 3.24. The van der Waals surface area contributed by atoms with Crippen LogP contribution in [-0.2, 0) is 38.6 Å². The van der Waals surface area contributed by atoms with E-state index in [-0.39, 0.29) is 16.5 Å². The van der Waals surface area contributed by atoms with Crippen molar-refractivity contribution >= 4 is 55.8 Å². The Morgan fingerprint density at radius 1 is 1.48 bits per heavy atom. The number of ether oxygens (including phenoxy) is 1. The average molecular weight is 473 g/mol. The highest BCUT2D eigenvalue weighted by molar-refractivity contribution is 7.92. The van der Waals surface area contributed by atoms with Crippen LogP contribution in [0.3, 0.4) is 0 Å². The summed E-state index contributed by atoms with van der Waals surface area (Å²) in [5.41, 5.74) is 2.77. The molecular formula is C15H15N5O9S2. The number of esters is 1. The van der Waals surface area contributed by atoms with E-state index >= 15 is 0 Å². The van der Waals surface area contributed by atoms with Gasteiger partial charge in [-0.25, -0.2) is 18.2 Å². The highest BCUT2D eigenvalue weighted by Gasteiger charge is 2.75. The van der Waals surface area contributed by atoms with Gasteiger partial charge < -0.3 is 25.7 Å². The van der Waals surface area contributed by atoms with Gasteiger partial charge in [0.05, 0.1) is 18.1 Å². The number of carbonyl (C=O) groups excluding carboxylic acids is 3. The SMILES string of the molecule is CO/N=C(\C(=O)N[C@@H]1C(=O)N2[C@@H]1S(=O)(=O)C[C@@H]1CC(=O)O[C@@]12C(=O)O)c1csc(N)n1. The third-order valence-corrected chi connectivity index (χ3v) is 7.95. The number of hydrogen-bond acceptors (Lipinski definition) is 12. The Balaban J connectivity index is 1.66. The van der Waals surface area contributed by atoms with Crippen molar-refractivity contribution in [3.63, 3.8) is 0 Å². The molecule has 3 aliphatic heterocycles. The number of aromatic nitrogens is 1. The molecule has 4 rings (SSSR count). The van der Waals surface area contributed by atoms with E-state index < -0.39 is 68.8 Å². The maximum Gasteiger partial charge on any atom is 0.370 e. The lowest BCUT2D eigenvalue weighted by Crippen LogP contribution is -2.84. The summed E-state index contributed by atoms with van der Waals surface area (Å²) in [5.74, 6) is -6.58. The Hall–Kier alpha value is -3.27. The number of fused-ring (bicyclic) bond motifs is 3. The number of carbonyl (C=O) groups is 4. The maximum absolute atomic E-state index is 12.8. The van der Waals surface area contributed by atoms with Gasteiger partial charge in [-0.05, 0) is 0 Å². The zero-order valence-corrected chi connectivity index (χ0v) is 17.3. The van der Waals surface area contributed by atoms with Crippen LogP contribution in [-0.4, -0.2) is 82.9 Å². The highest BCUT2D eigenvalue weighted by atomic mass is 32.2. The second-order valence-corrected chi connectivity index (χ2v) is 9.98. The number of nitrogens with one attached hydrogen (secondary N) is 1. The Bertz CT molecular complexity index is 1150. The molecule has 4 N–H and O–H groups in total. The lowest BCUT2D eigenvalue weighted by atomic mass is 9.89. The number of aliphatic carboxylic acids is 1. The van der Waals surface area contributed by atoms with E-state index in [9.17, 15) is 32.7 Å². The molecular weight excluding hydrogens is 458 g/mol. The van der Waals surface area contributed by atoms with Crippen molar-refractivity contribution in [1.82, 2.24) is 15.2 Å². The van der Waals surface area contributed by atoms with E-state index in [2.05, 4.69) is 20.3 Å². The molecule has 3 fully saturated rings. The van der Waals surface area contributed by atoms with Gasteiger partial charge in [-0.15, -0.1) is 11.3 Å². The summed E-state index contributed by atoms with van der Waals surface area (Å²) < 4.78 is 30.5. The van der Waals surface area contributed by atoms with Gasteiger partial charge in [-0.2, -0.15) is 0 Å². The molecule has 0 radical (unpaired) electrons. The molecule has 31 heavy (non-hydrogen) atoms. The first-order valence-corrected chi connectivity index (χ1v) is 11.3. The molecule has 16 heteroatoms. The summed E-state index contributed by atoms with van der Waals surface area (Å²) in [6.07, 6.45) is -0.463. The summed E-state index contributed by atoms with van der Waals surface area (Å²) in [4.78, 5) is 58.2. The van der Waals surface area contributed by atoms with Crippen molar-refractivity contribution in [1.29, 1.82) is 0 Å². The quantitative estimate of drug-likeness (QED) is 0.176. The molecule has 0 bridgehead atoms. The molecule has 0 saturated carbocycles. The van der Waals surface area contributed by atoms with E-state index in [1.807, 2.05) is 0 Å². The zero-order valence-electron chi connectivity index (χ0n) is 15.7. The Morgan fingerprint density at radius 3 is 2.77 bits per heavy atom. The van der Waals surface area contributed by atoms with Gasteiger partial charge in [0.2, 0.25) is 0 Å². The van der Waals surface area contributed by atoms with E-state index in [0.717, 1.165) is 18.4 Å². The Labute approximate surface area is 177 Å². The number of sulfone groups is 1. The van der Waals surface area contributed by atoms with Crippen molar-refractivity contribution < 1.29 is 42.3 Å².